The van der Waals surface area contributed by atoms with Crippen molar-refractivity contribution < 1.29 is 4.74 Å². The van der Waals surface area contributed by atoms with Crippen molar-refractivity contribution in [1.82, 2.24) is 19.6 Å². The maximum absolute atomic E-state index is 5.65. The maximum atomic E-state index is 5.65. The first-order valence-electron chi connectivity index (χ1n) is 8.74. The molecule has 1 aromatic carbocycles. The Morgan fingerprint density at radius 1 is 1.20 bits per heavy atom. The first-order chi connectivity index (χ1) is 12.0. The van der Waals surface area contributed by atoms with E-state index in [0.717, 1.165) is 43.3 Å². The molecule has 0 atom stereocenters. The molecular formula is C18H26N4OS2. The molecule has 1 saturated heterocycles. The number of piperazine rings is 1. The fourth-order valence-electron chi connectivity index (χ4n) is 2.97. The van der Waals surface area contributed by atoms with Gasteiger partial charge in [0.25, 0.3) is 5.19 Å². The van der Waals surface area contributed by atoms with E-state index in [4.69, 9.17) is 17.0 Å². The Morgan fingerprint density at radius 2 is 1.92 bits per heavy atom. The minimum atomic E-state index is 0.124. The molecule has 3 rings (SSSR count). The van der Waals surface area contributed by atoms with Gasteiger partial charge in [0.05, 0.1) is 12.8 Å². The lowest BCUT2D eigenvalue weighted by Gasteiger charge is -2.34. The lowest BCUT2D eigenvalue weighted by molar-refractivity contribution is 0.0974. The zero-order valence-corrected chi connectivity index (χ0v) is 16.8. The number of aromatic nitrogens is 2. The zero-order chi connectivity index (χ0) is 17.8. The fourth-order valence-corrected chi connectivity index (χ4v) is 4.02. The predicted octanol–water partition coefficient (Wildman–Crippen LogP) is 3.55. The van der Waals surface area contributed by atoms with E-state index in [-0.39, 0.29) is 6.10 Å². The van der Waals surface area contributed by atoms with Crippen molar-refractivity contribution in [3.05, 3.63) is 39.3 Å². The number of hydrogen-bond acceptors (Lipinski definition) is 6. The summed E-state index contributed by atoms with van der Waals surface area (Å²) >= 11 is 6.86. The number of aryl methyl sites for hydroxylation is 1. The number of hydrogen-bond donors (Lipinski definition) is 0. The molecule has 0 radical (unpaired) electrons. The standard InChI is InChI=1S/C18H26N4OS2/c1-14(2)23-17-19-22(18(24)25-17)13-21-9-7-20(8-10-21)12-16-6-4-5-15(3)11-16/h4-6,11,14H,7-10,12-13H2,1-3H3. The molecule has 136 valence electrons. The van der Waals surface area contributed by atoms with Crippen LogP contribution in [0.3, 0.4) is 0 Å². The molecule has 0 bridgehead atoms. The third-order valence-corrected chi connectivity index (χ3v) is 5.41. The molecular weight excluding hydrogens is 352 g/mol. The molecule has 0 aliphatic carbocycles. The van der Waals surface area contributed by atoms with E-state index in [1.807, 2.05) is 18.5 Å². The molecule has 7 heteroatoms. The average molecular weight is 379 g/mol. The van der Waals surface area contributed by atoms with Crippen LogP contribution < -0.4 is 4.74 Å². The summed E-state index contributed by atoms with van der Waals surface area (Å²) in [7, 11) is 0. The van der Waals surface area contributed by atoms with Crippen LogP contribution in [0.1, 0.15) is 25.0 Å². The largest absolute Gasteiger partial charge is 0.466 e. The Balaban J connectivity index is 1.51. The van der Waals surface area contributed by atoms with Gasteiger partial charge in [-0.1, -0.05) is 29.8 Å². The highest BCUT2D eigenvalue weighted by molar-refractivity contribution is 7.73. The molecule has 0 spiro atoms. The Bertz CT molecular complexity index is 748. The molecule has 2 aromatic rings. The van der Waals surface area contributed by atoms with Crippen LogP contribution in [0.2, 0.25) is 0 Å². The minimum absolute atomic E-state index is 0.124. The highest BCUT2D eigenvalue weighted by atomic mass is 32.1. The normalized spacial score (nSPS) is 16.5. The number of nitrogens with zero attached hydrogens (tertiary/aromatic N) is 4. The highest BCUT2D eigenvalue weighted by Gasteiger charge is 2.18. The van der Waals surface area contributed by atoms with Crippen LogP contribution in [0.5, 0.6) is 5.19 Å². The van der Waals surface area contributed by atoms with Crippen molar-refractivity contribution in [1.29, 1.82) is 0 Å². The van der Waals surface area contributed by atoms with E-state index in [2.05, 4.69) is 46.1 Å². The Hall–Kier alpha value is -1.28. The molecule has 5 nitrogen and oxygen atoms in total. The van der Waals surface area contributed by atoms with E-state index in [1.54, 1.807) is 0 Å². The number of benzene rings is 1. The third-order valence-electron chi connectivity index (χ3n) is 4.21. The smallest absolute Gasteiger partial charge is 0.293 e. The van der Waals surface area contributed by atoms with Crippen LogP contribution in [-0.2, 0) is 13.2 Å². The van der Waals surface area contributed by atoms with Crippen LogP contribution in [0, 0.1) is 10.9 Å². The molecule has 0 saturated carbocycles. The zero-order valence-electron chi connectivity index (χ0n) is 15.1. The molecule has 0 unspecified atom stereocenters. The summed E-state index contributed by atoms with van der Waals surface area (Å²) in [6, 6.07) is 8.78. The lowest BCUT2D eigenvalue weighted by Crippen LogP contribution is -2.46. The summed E-state index contributed by atoms with van der Waals surface area (Å²) in [5.41, 5.74) is 2.72. The molecule has 0 amide bonds. The van der Waals surface area contributed by atoms with Gasteiger partial charge in [0.15, 0.2) is 3.95 Å². The van der Waals surface area contributed by atoms with Gasteiger partial charge in [-0.2, -0.15) is 0 Å². The maximum Gasteiger partial charge on any atom is 0.293 e. The summed E-state index contributed by atoms with van der Waals surface area (Å²) in [6.45, 7) is 12.1. The van der Waals surface area contributed by atoms with Gasteiger partial charge >= 0.3 is 0 Å². The first kappa shape index (κ1) is 18.5. The number of ether oxygens (including phenoxy) is 1. The van der Waals surface area contributed by atoms with Crippen molar-refractivity contribution in [2.75, 3.05) is 26.2 Å². The van der Waals surface area contributed by atoms with Crippen LogP contribution in [-0.4, -0.2) is 51.9 Å². The van der Waals surface area contributed by atoms with Crippen molar-refractivity contribution in [3.8, 4) is 5.19 Å². The summed E-state index contributed by atoms with van der Waals surface area (Å²) in [5.74, 6) is 0. The Kier molecular flexibility index (Phi) is 6.22. The summed E-state index contributed by atoms with van der Waals surface area (Å²) < 4.78 is 8.31. The van der Waals surface area contributed by atoms with Crippen molar-refractivity contribution in [3.63, 3.8) is 0 Å². The SMILES string of the molecule is Cc1cccc(CN2CCN(Cn3nc(OC(C)C)sc3=S)CC2)c1. The Labute approximate surface area is 158 Å². The van der Waals surface area contributed by atoms with E-state index >= 15 is 0 Å². The van der Waals surface area contributed by atoms with Crippen LogP contribution in [0.25, 0.3) is 0 Å². The molecule has 25 heavy (non-hydrogen) atoms. The second-order valence-electron chi connectivity index (χ2n) is 6.82. The summed E-state index contributed by atoms with van der Waals surface area (Å²) in [6.07, 6.45) is 0.124. The number of rotatable bonds is 6. The van der Waals surface area contributed by atoms with Gasteiger partial charge in [0.2, 0.25) is 0 Å². The van der Waals surface area contributed by atoms with Gasteiger partial charge in [-0.25, -0.2) is 4.68 Å². The molecule has 1 fully saturated rings. The van der Waals surface area contributed by atoms with Crippen LogP contribution in [0.4, 0.5) is 0 Å². The molecule has 1 aliphatic rings. The van der Waals surface area contributed by atoms with Gasteiger partial charge < -0.3 is 4.74 Å². The molecule has 1 aliphatic heterocycles. The van der Waals surface area contributed by atoms with Crippen molar-refractivity contribution in [2.24, 2.45) is 0 Å². The average Bonchev–Trinajstić information content (AvgIpc) is 2.88. The Morgan fingerprint density at radius 3 is 2.60 bits per heavy atom. The third kappa shape index (κ3) is 5.34. The van der Waals surface area contributed by atoms with E-state index in [1.165, 1.54) is 22.5 Å². The van der Waals surface area contributed by atoms with E-state index in [9.17, 15) is 0 Å². The van der Waals surface area contributed by atoms with Gasteiger partial charge in [-0.15, -0.1) is 5.10 Å². The van der Waals surface area contributed by atoms with Gasteiger partial charge in [0, 0.05) is 32.7 Å². The van der Waals surface area contributed by atoms with Crippen molar-refractivity contribution >= 4 is 23.6 Å². The quantitative estimate of drug-likeness (QED) is 0.718. The minimum Gasteiger partial charge on any atom is -0.466 e. The van der Waals surface area contributed by atoms with Crippen molar-refractivity contribution in [2.45, 2.75) is 40.1 Å². The second kappa shape index (κ2) is 8.40. The monoisotopic (exact) mass is 378 g/mol. The topological polar surface area (TPSA) is 33.5 Å². The van der Waals surface area contributed by atoms with E-state index < -0.39 is 0 Å². The summed E-state index contributed by atoms with van der Waals surface area (Å²) in [4.78, 5) is 4.92. The fraction of sp³-hybridized carbons (Fsp3) is 0.556. The predicted molar refractivity (Wildman–Crippen MR) is 105 cm³/mol. The second-order valence-corrected chi connectivity index (χ2v) is 8.41. The molecule has 2 heterocycles. The lowest BCUT2D eigenvalue weighted by atomic mass is 10.1. The van der Waals surface area contributed by atoms with Crippen LogP contribution >= 0.6 is 23.6 Å². The van der Waals surface area contributed by atoms with E-state index in [0.29, 0.717) is 5.19 Å². The van der Waals surface area contributed by atoms with Gasteiger partial charge in [0.1, 0.15) is 0 Å². The first-order valence-corrected chi connectivity index (χ1v) is 9.97. The van der Waals surface area contributed by atoms with Crippen LogP contribution in [0.15, 0.2) is 24.3 Å². The molecule has 1 aromatic heterocycles. The van der Waals surface area contributed by atoms with Gasteiger partial charge in [-0.3, -0.25) is 9.80 Å². The summed E-state index contributed by atoms with van der Waals surface area (Å²) in [5, 5.41) is 5.16. The van der Waals surface area contributed by atoms with Gasteiger partial charge in [-0.05, 0) is 49.9 Å². The highest BCUT2D eigenvalue weighted by Crippen LogP contribution is 2.19. The molecule has 0 N–H and O–H groups in total.